The quantitative estimate of drug-likeness (QED) is 0.459. The van der Waals surface area contributed by atoms with Crippen LogP contribution in [0.5, 0.6) is 0 Å². The molecular formula is C27H26N2O7S. The van der Waals surface area contributed by atoms with E-state index in [2.05, 4.69) is 0 Å². The van der Waals surface area contributed by atoms with Crippen molar-refractivity contribution in [2.24, 2.45) is 0 Å². The predicted octanol–water partition coefficient (Wildman–Crippen LogP) is 3.87. The second-order valence-corrected chi connectivity index (χ2v) is 10.4. The van der Waals surface area contributed by atoms with Crippen LogP contribution in [0.1, 0.15) is 35.6 Å². The zero-order valence-corrected chi connectivity index (χ0v) is 21.1. The Morgan fingerprint density at radius 2 is 1.49 bits per heavy atom. The lowest BCUT2D eigenvalue weighted by molar-refractivity contribution is -0.143. The molecule has 2 N–H and O–H groups in total. The molecule has 1 aliphatic carbocycles. The Morgan fingerprint density at radius 3 is 2.00 bits per heavy atom. The molecule has 1 aliphatic rings. The molecule has 0 bridgehead atoms. The molecule has 0 saturated carbocycles. The molecule has 0 aliphatic heterocycles. The second kappa shape index (κ2) is 10.4. The fourth-order valence-electron chi connectivity index (χ4n) is 4.57. The van der Waals surface area contributed by atoms with Crippen LogP contribution in [0.2, 0.25) is 0 Å². The van der Waals surface area contributed by atoms with Gasteiger partial charge in [0.05, 0.1) is 18.0 Å². The Morgan fingerprint density at radius 1 is 0.946 bits per heavy atom. The maximum absolute atomic E-state index is 13.0. The molecule has 0 unspecified atom stereocenters. The summed E-state index contributed by atoms with van der Waals surface area (Å²) >= 11 is 0. The third-order valence-corrected chi connectivity index (χ3v) is 7.70. The van der Waals surface area contributed by atoms with E-state index in [9.17, 15) is 27.9 Å². The van der Waals surface area contributed by atoms with Gasteiger partial charge in [0.2, 0.25) is 5.91 Å². The van der Waals surface area contributed by atoms with Crippen molar-refractivity contribution in [3.63, 3.8) is 0 Å². The number of ether oxygens (including phenoxy) is 1. The summed E-state index contributed by atoms with van der Waals surface area (Å²) in [6.07, 6.45) is -1.66. The number of aryl methyl sites for hydroxylation is 1. The first-order chi connectivity index (χ1) is 17.6. The van der Waals surface area contributed by atoms with Gasteiger partial charge in [0.25, 0.3) is 10.0 Å². The molecule has 0 aromatic heterocycles. The fraction of sp³-hybridized carbons (Fsp3) is 0.222. The number of carboxylic acid groups (broad SMARTS) is 1. The summed E-state index contributed by atoms with van der Waals surface area (Å²) in [7, 11) is -2.98. The van der Waals surface area contributed by atoms with Gasteiger partial charge in [0.1, 0.15) is 6.04 Å². The normalized spacial score (nSPS) is 13.2. The number of fused-ring (bicyclic) bond motifs is 3. The molecule has 0 saturated heterocycles. The number of amides is 2. The van der Waals surface area contributed by atoms with Crippen molar-refractivity contribution in [2.75, 3.05) is 7.11 Å². The zero-order chi connectivity index (χ0) is 26.7. The van der Waals surface area contributed by atoms with Crippen molar-refractivity contribution in [1.82, 2.24) is 9.62 Å². The summed E-state index contributed by atoms with van der Waals surface area (Å²) in [4.78, 5) is 39.0. The smallest absolute Gasteiger partial charge is 0.411 e. The molecule has 192 valence electrons. The van der Waals surface area contributed by atoms with Gasteiger partial charge in [0.15, 0.2) is 0 Å². The Hall–Kier alpha value is -4.18. The molecule has 1 atom stereocenters. The first kappa shape index (κ1) is 25.9. The van der Waals surface area contributed by atoms with E-state index in [1.165, 1.54) is 12.1 Å². The monoisotopic (exact) mass is 522 g/mol. The summed E-state index contributed by atoms with van der Waals surface area (Å²) in [5.74, 6) is -2.23. The number of methoxy groups -OCH3 is 1. The Bertz CT molecular complexity index is 1410. The highest BCUT2D eigenvalue weighted by atomic mass is 32.2. The Balaban J connectivity index is 1.61. The maximum atomic E-state index is 13.0. The van der Waals surface area contributed by atoms with E-state index < -0.39 is 46.5 Å². The maximum Gasteiger partial charge on any atom is 0.411 e. The summed E-state index contributed by atoms with van der Waals surface area (Å²) in [6.45, 7) is 1.80. The molecule has 0 fully saturated rings. The summed E-state index contributed by atoms with van der Waals surface area (Å²) in [6, 6.07) is 18.4. The van der Waals surface area contributed by atoms with E-state index in [0.717, 1.165) is 39.8 Å². The molecule has 0 spiro atoms. The molecule has 3 aromatic carbocycles. The van der Waals surface area contributed by atoms with Crippen LogP contribution in [0, 0.1) is 6.92 Å². The van der Waals surface area contributed by atoms with E-state index in [-0.39, 0.29) is 11.3 Å². The second-order valence-electron chi connectivity index (χ2n) is 8.69. The van der Waals surface area contributed by atoms with Crippen LogP contribution >= 0.6 is 0 Å². The van der Waals surface area contributed by atoms with Crippen LogP contribution in [-0.4, -0.2) is 49.5 Å². The number of carboxylic acids is 1. The largest absolute Gasteiger partial charge is 0.480 e. The van der Waals surface area contributed by atoms with E-state index in [1.54, 1.807) is 31.2 Å². The minimum atomic E-state index is -4.13. The average molecular weight is 523 g/mol. The SMILES string of the molecule is COC(=O)N(C1c2ccccc2-c2ccccc21)[C@H](CCC(=O)NS(=O)(=O)c1ccc(C)cc1)C(=O)O. The van der Waals surface area contributed by atoms with Crippen molar-refractivity contribution < 1.29 is 32.6 Å². The minimum Gasteiger partial charge on any atom is -0.480 e. The molecule has 4 rings (SSSR count). The molecular weight excluding hydrogens is 496 g/mol. The minimum absolute atomic E-state index is 0.0865. The van der Waals surface area contributed by atoms with Crippen LogP contribution in [0.25, 0.3) is 11.1 Å². The number of sulfonamides is 1. The average Bonchev–Trinajstić information content (AvgIpc) is 3.20. The standard InChI is InChI=1S/C27H26N2O7S/c1-17-11-13-18(14-12-17)37(34,35)28-24(30)16-15-23(26(31)32)29(27(33)36-2)25-21-9-5-3-7-19(21)20-8-4-6-10-22(20)25/h3-14,23,25H,15-16H2,1-2H3,(H,28,30)(H,31,32)/t23-/m1/s1. The van der Waals surface area contributed by atoms with Gasteiger partial charge in [-0.15, -0.1) is 0 Å². The lowest BCUT2D eigenvalue weighted by Gasteiger charge is -2.34. The number of hydrogen-bond donors (Lipinski definition) is 2. The first-order valence-electron chi connectivity index (χ1n) is 11.5. The molecule has 0 radical (unpaired) electrons. The summed E-state index contributed by atoms with van der Waals surface area (Å²) < 4.78 is 32.1. The Labute approximate surface area is 214 Å². The lowest BCUT2D eigenvalue weighted by atomic mass is 10.00. The third-order valence-electron chi connectivity index (χ3n) is 6.31. The lowest BCUT2D eigenvalue weighted by Crippen LogP contribution is -2.47. The van der Waals surface area contributed by atoms with Crippen LogP contribution in [0.4, 0.5) is 4.79 Å². The van der Waals surface area contributed by atoms with Crippen LogP contribution < -0.4 is 4.72 Å². The van der Waals surface area contributed by atoms with Gasteiger partial charge in [-0.2, -0.15) is 0 Å². The fourth-order valence-corrected chi connectivity index (χ4v) is 5.59. The van der Waals surface area contributed by atoms with E-state index in [1.807, 2.05) is 41.1 Å². The van der Waals surface area contributed by atoms with Crippen molar-refractivity contribution in [1.29, 1.82) is 0 Å². The van der Waals surface area contributed by atoms with Crippen LogP contribution in [0.3, 0.4) is 0 Å². The molecule has 2 amide bonds. The summed E-state index contributed by atoms with van der Waals surface area (Å²) in [5, 5.41) is 10.1. The number of nitrogens with zero attached hydrogens (tertiary/aromatic N) is 1. The van der Waals surface area contributed by atoms with E-state index >= 15 is 0 Å². The number of aliphatic carboxylic acids is 1. The van der Waals surface area contributed by atoms with Gasteiger partial charge < -0.3 is 9.84 Å². The Kier molecular flexibility index (Phi) is 7.30. The number of carbonyl (C=O) groups is 3. The number of carbonyl (C=O) groups excluding carboxylic acids is 2. The first-order valence-corrected chi connectivity index (χ1v) is 13.0. The van der Waals surface area contributed by atoms with Gasteiger partial charge in [-0.25, -0.2) is 22.7 Å². The molecule has 37 heavy (non-hydrogen) atoms. The van der Waals surface area contributed by atoms with Crippen LogP contribution in [-0.2, 0) is 24.3 Å². The van der Waals surface area contributed by atoms with E-state index in [4.69, 9.17) is 4.74 Å². The van der Waals surface area contributed by atoms with Crippen molar-refractivity contribution >= 4 is 28.0 Å². The predicted molar refractivity (Wildman–Crippen MR) is 135 cm³/mol. The highest BCUT2D eigenvalue weighted by Crippen LogP contribution is 2.47. The molecule has 9 nitrogen and oxygen atoms in total. The van der Waals surface area contributed by atoms with Crippen molar-refractivity contribution in [2.45, 2.75) is 36.7 Å². The highest BCUT2D eigenvalue weighted by molar-refractivity contribution is 7.90. The zero-order valence-electron chi connectivity index (χ0n) is 20.2. The van der Waals surface area contributed by atoms with Gasteiger partial charge in [-0.1, -0.05) is 66.2 Å². The molecule has 3 aromatic rings. The van der Waals surface area contributed by atoms with Gasteiger partial charge in [-0.05, 0) is 47.7 Å². The van der Waals surface area contributed by atoms with E-state index in [0.29, 0.717) is 0 Å². The number of nitrogens with one attached hydrogen (secondary N) is 1. The number of rotatable bonds is 8. The number of benzene rings is 3. The van der Waals surface area contributed by atoms with Gasteiger partial charge in [0, 0.05) is 6.42 Å². The third kappa shape index (κ3) is 5.19. The summed E-state index contributed by atoms with van der Waals surface area (Å²) in [5.41, 5.74) is 4.04. The molecule has 10 heteroatoms. The van der Waals surface area contributed by atoms with Crippen LogP contribution in [0.15, 0.2) is 77.7 Å². The van der Waals surface area contributed by atoms with Gasteiger partial charge in [-0.3, -0.25) is 9.69 Å². The van der Waals surface area contributed by atoms with Gasteiger partial charge >= 0.3 is 12.1 Å². The van der Waals surface area contributed by atoms with Crippen molar-refractivity contribution in [3.05, 3.63) is 89.5 Å². The number of hydrogen-bond acceptors (Lipinski definition) is 6. The highest BCUT2D eigenvalue weighted by Gasteiger charge is 2.42. The van der Waals surface area contributed by atoms with Crippen molar-refractivity contribution in [3.8, 4) is 11.1 Å². The topological polar surface area (TPSA) is 130 Å². The molecule has 0 heterocycles.